The summed E-state index contributed by atoms with van der Waals surface area (Å²) in [6.07, 6.45) is 3.34. The second kappa shape index (κ2) is 65.0. The molecule has 2 saturated heterocycles. The molecule has 41 nitrogen and oxygen atoms in total. The van der Waals surface area contributed by atoms with Gasteiger partial charge in [0.05, 0.1) is 68.4 Å². The first-order chi connectivity index (χ1) is 60.2. The van der Waals surface area contributed by atoms with Gasteiger partial charge in [-0.3, -0.25) is 53.6 Å². The number of carboxylic acids is 5. The van der Waals surface area contributed by atoms with Gasteiger partial charge < -0.3 is 134 Å². The Labute approximate surface area is 827 Å². The largest absolute Gasteiger partial charge is 3.00 e. The van der Waals surface area contributed by atoms with E-state index in [0.717, 1.165) is 11.8 Å². The Bertz CT molecular complexity index is 4270. The van der Waals surface area contributed by atoms with Crippen LogP contribution in [0.4, 0.5) is 29.0 Å². The summed E-state index contributed by atoms with van der Waals surface area (Å²) in [5, 5.41) is 72.2. The summed E-state index contributed by atoms with van der Waals surface area (Å²) >= 11 is 0. The zero-order chi connectivity index (χ0) is 92.4. The molecule has 2 aliphatic heterocycles. The van der Waals surface area contributed by atoms with E-state index in [2.05, 4.69) is 16.0 Å². The zero-order valence-corrected chi connectivity index (χ0v) is 80.2. The first kappa shape index (κ1) is 121. The van der Waals surface area contributed by atoms with Crippen molar-refractivity contribution in [1.82, 2.24) is 54.2 Å². The third kappa shape index (κ3) is 43.2. The topological polar surface area (TPSA) is 607 Å². The SMILES string of the molecule is CCOc1c(NCCOCCOCCCc2nc(Nc3ccc(CCC(C=O)N4CCN(C(CCC(C)=O)C(=O)[O-])CCN(C(C=O)CCC(C)=O)CCN(C(CCC(C)=O)C(=O)O)CC4)cc3)nc(Nc3ccc(CCC(C(=O)[O-])N4CCN(C(C=O)CCC(C)=O)CCN(C(CCC(C)=O)C(=O)[O-])CCN(C(CCC(C)=O)C(=O)[O-])CC4)cc3)n2)c(=O)c1=O.O.O.[Gd+3].[Gd+3].[OH-]. The van der Waals surface area contributed by atoms with Crippen LogP contribution in [-0.4, -0.2) is 352 Å². The van der Waals surface area contributed by atoms with Gasteiger partial charge in [0.1, 0.15) is 71.1 Å². The van der Waals surface area contributed by atoms with Gasteiger partial charge in [-0.15, -0.1) is 0 Å². The molecule has 8 atom stereocenters. The molecule has 0 spiro atoms. The Kier molecular flexibility index (Phi) is 60.2. The maximum absolute atomic E-state index is 13.5. The Morgan fingerprint density at radius 2 is 0.702 bits per heavy atom. The molecular formula is C88H129Gd2N14O27+. The van der Waals surface area contributed by atoms with Crippen molar-refractivity contribution in [3.05, 3.63) is 85.9 Å². The number of nitrogens with zero attached hydrogens (tertiary/aromatic N) is 11. The van der Waals surface area contributed by atoms with E-state index >= 15 is 0 Å². The van der Waals surface area contributed by atoms with E-state index < -0.39 is 89.0 Å². The van der Waals surface area contributed by atoms with Crippen LogP contribution in [0.1, 0.15) is 162 Å². The van der Waals surface area contributed by atoms with Gasteiger partial charge in [0.15, 0.2) is 5.75 Å². The van der Waals surface area contributed by atoms with E-state index in [-0.39, 0.29) is 395 Å². The summed E-state index contributed by atoms with van der Waals surface area (Å²) in [4.78, 5) is 229. The van der Waals surface area contributed by atoms with Crippen molar-refractivity contribution in [2.75, 3.05) is 160 Å². The fraction of sp³-hybridized carbons (Fsp3) is 0.625. The van der Waals surface area contributed by atoms with E-state index in [0.29, 0.717) is 54.6 Å². The number of aldehydes is 3. The summed E-state index contributed by atoms with van der Waals surface area (Å²) < 4.78 is 16.8. The third-order valence-corrected chi connectivity index (χ3v) is 22.8. The van der Waals surface area contributed by atoms with Crippen molar-refractivity contribution in [1.29, 1.82) is 0 Å². The van der Waals surface area contributed by atoms with Gasteiger partial charge in [-0.05, 0) is 154 Å². The number of aliphatic carboxylic acids is 5. The smallest absolute Gasteiger partial charge is 0.870 e. The number of Topliss-reactive ketones (excluding diaryl/α,β-unsaturated/α-hetero) is 6. The fourth-order valence-electron chi connectivity index (χ4n) is 15.6. The van der Waals surface area contributed by atoms with Crippen LogP contribution in [0.3, 0.4) is 0 Å². The molecule has 0 saturated carbocycles. The molecule has 8 unspecified atom stereocenters. The number of hydrogen-bond acceptors (Lipinski definition) is 38. The Morgan fingerprint density at radius 1 is 0.405 bits per heavy atom. The molecular weight excluding hydrogens is 2000 g/mol. The second-order valence-electron chi connectivity index (χ2n) is 32.2. The average Bonchev–Trinajstić information content (AvgIpc) is 0.783. The summed E-state index contributed by atoms with van der Waals surface area (Å²) in [5.41, 5.74) is 1.35. The number of ketones is 6. The average molecular weight is 2130 g/mol. The van der Waals surface area contributed by atoms with Crippen LogP contribution in [-0.2, 0) is 95.9 Å². The molecule has 3 heterocycles. The summed E-state index contributed by atoms with van der Waals surface area (Å²) in [7, 11) is 0. The van der Waals surface area contributed by atoms with Gasteiger partial charge in [0.2, 0.25) is 11.9 Å². The predicted octanol–water partition coefficient (Wildman–Crippen LogP) is -3.24. The number of carbonyl (C=O) groups is 14. The molecule has 43 heteroatoms. The minimum atomic E-state index is -1.51. The van der Waals surface area contributed by atoms with Crippen LogP contribution in [0, 0.1) is 79.9 Å². The number of ether oxygens (including phenoxy) is 3. The number of carbonyl (C=O) groups excluding carboxylic acids is 13. The number of carboxylic acid groups (broad SMARTS) is 5. The zero-order valence-electron chi connectivity index (χ0n) is 75.7. The predicted molar refractivity (Wildman–Crippen MR) is 464 cm³/mol. The molecule has 0 amide bonds. The monoisotopic (exact) mass is 2130 g/mol. The molecule has 2 fully saturated rings. The Balaban J connectivity index is 0.0000172. The Hall–Kier alpha value is -7.76. The van der Waals surface area contributed by atoms with E-state index in [1.807, 2.05) is 17.0 Å². The molecule has 3 aromatic carbocycles. The van der Waals surface area contributed by atoms with Crippen molar-refractivity contribution in [2.24, 2.45) is 0 Å². The standard InChI is InChI=1S/C88H128N14O24.2Gd.3H2O/c1-8-126-81-78(79(112)80(81)113)89-35-53-125-55-54-124-52-9-10-77-92-87(90-67-23-17-65(18-24-67)21-29-71(58-105)97-40-44-98(72(82(114)115)30-13-61(4)108)42-36-95(69(56-103)27-11-59(2)106)37-43-99(45-41-97)73(83(116)117)31-14-62(5)109)94-88(93-77)91-68-25-19-66(20-26-68)22-34-76(86(122)123)101-47-39-96(70(57-104)28-12-60(3)107)38-46-100(74(84(118)119)32-15-63(6)110)48-50-102(51-49-101)75(85(120)121)33-16-64(7)111;;;;;/h17-20,23-26,56-58,69-76,89H,8-16,21-22,27-55H2,1-7H3,(H,114,115)(H,116,117)(H,118,119)(H,120,121)(H,122,123)(H2,90,91,92,93,94);;;3*1H2/q;2*+3;;;/p-5. The summed E-state index contributed by atoms with van der Waals surface area (Å²) in [6, 6.07) is 5.53. The number of benzene rings is 2. The number of rotatable bonds is 57. The molecule has 4 aromatic rings. The van der Waals surface area contributed by atoms with Gasteiger partial charge >= 0.3 is 85.9 Å². The van der Waals surface area contributed by atoms with Crippen molar-refractivity contribution >= 4 is 112 Å². The van der Waals surface area contributed by atoms with Crippen LogP contribution in [0.25, 0.3) is 0 Å². The number of anilines is 5. The van der Waals surface area contributed by atoms with Crippen LogP contribution >= 0.6 is 0 Å². The minimum Gasteiger partial charge on any atom is -0.870 e. The van der Waals surface area contributed by atoms with E-state index in [1.165, 1.54) is 46.4 Å². The van der Waals surface area contributed by atoms with Crippen LogP contribution in [0.15, 0.2) is 58.1 Å². The molecule has 2 aliphatic rings. The number of hydrogen-bond donors (Lipinski definition) is 4. The second-order valence-corrected chi connectivity index (χ2v) is 32.2. The van der Waals surface area contributed by atoms with Gasteiger partial charge in [0.25, 0.3) is 10.9 Å². The molecule has 0 aliphatic carbocycles. The molecule has 728 valence electrons. The number of aromatic nitrogens is 3. The number of nitrogens with one attached hydrogen (secondary N) is 3. The van der Waals surface area contributed by atoms with Crippen molar-refractivity contribution in [3.8, 4) is 5.75 Å². The molecule has 6 rings (SSSR count). The quantitative estimate of drug-likeness (QED) is 0.0192. The van der Waals surface area contributed by atoms with Crippen LogP contribution in [0.2, 0.25) is 0 Å². The van der Waals surface area contributed by atoms with E-state index in [9.17, 15) is 102 Å². The molecule has 1 aromatic heterocycles. The fourth-order valence-corrected chi connectivity index (χ4v) is 15.6. The van der Waals surface area contributed by atoms with Crippen LogP contribution < -0.4 is 52.0 Å². The van der Waals surface area contributed by atoms with Gasteiger partial charge in [-0.2, -0.15) is 15.0 Å². The van der Waals surface area contributed by atoms with Gasteiger partial charge in [-0.25, -0.2) is 0 Å². The molecule has 2 radical (unpaired) electrons. The molecule has 0 bridgehead atoms. The van der Waals surface area contributed by atoms with Crippen molar-refractivity contribution in [3.63, 3.8) is 0 Å². The maximum atomic E-state index is 13.5. The summed E-state index contributed by atoms with van der Waals surface area (Å²) in [6.45, 7) is 11.6. The Morgan fingerprint density at radius 3 is 1.02 bits per heavy atom. The maximum Gasteiger partial charge on any atom is 3.00 e. The van der Waals surface area contributed by atoms with Crippen molar-refractivity contribution in [2.45, 2.75) is 212 Å². The van der Waals surface area contributed by atoms with E-state index in [1.54, 1.807) is 72.7 Å². The normalized spacial score (nSPS) is 16.5. The summed E-state index contributed by atoms with van der Waals surface area (Å²) in [5.74, 6) is -7.74. The van der Waals surface area contributed by atoms with Gasteiger partial charge in [-0.1, -0.05) is 24.3 Å². The van der Waals surface area contributed by atoms with E-state index in [4.69, 9.17) is 29.2 Å². The van der Waals surface area contributed by atoms with Crippen molar-refractivity contribution < 1.29 is 203 Å². The first-order valence-corrected chi connectivity index (χ1v) is 43.4. The molecule has 131 heavy (non-hydrogen) atoms. The minimum absolute atomic E-state index is 0. The number of aryl methyl sites for hydroxylation is 3. The molecule has 9 N–H and O–H groups in total. The van der Waals surface area contributed by atoms with Gasteiger partial charge in [0, 0.05) is 198 Å². The van der Waals surface area contributed by atoms with Crippen LogP contribution in [0.5, 0.6) is 5.75 Å². The third-order valence-electron chi connectivity index (χ3n) is 22.8. The first-order valence-electron chi connectivity index (χ1n) is 43.4.